The molecule has 0 atom stereocenters. The maximum absolute atomic E-state index is 8.99. The van der Waals surface area contributed by atoms with E-state index >= 15 is 0 Å². The molecule has 0 bridgehead atoms. The van der Waals surface area contributed by atoms with Crippen LogP contribution in [0.3, 0.4) is 0 Å². The van der Waals surface area contributed by atoms with Crippen molar-refractivity contribution in [3.63, 3.8) is 0 Å². The normalized spacial score (nSPS) is 10.3. The molecule has 0 fully saturated rings. The smallest absolute Gasteiger partial charge is 0.324 e. The van der Waals surface area contributed by atoms with Crippen molar-refractivity contribution in [1.29, 1.82) is 5.26 Å². The monoisotopic (exact) mass is 251 g/mol. The van der Waals surface area contributed by atoms with E-state index in [1.807, 2.05) is 7.05 Å². The first-order valence-electron chi connectivity index (χ1n) is 5.59. The Bertz CT molecular complexity index is 787. The molecule has 6 nitrogen and oxygen atoms in total. The number of ether oxygens (including phenoxy) is 1. The van der Waals surface area contributed by atoms with E-state index in [-0.39, 0.29) is 6.01 Å². The van der Waals surface area contributed by atoms with Gasteiger partial charge in [-0.1, -0.05) is 12.1 Å². The van der Waals surface area contributed by atoms with Gasteiger partial charge in [0.2, 0.25) is 0 Å². The van der Waals surface area contributed by atoms with Gasteiger partial charge < -0.3 is 9.30 Å². The summed E-state index contributed by atoms with van der Waals surface area (Å²) in [4.78, 5) is 12.5. The number of hydrogen-bond acceptors (Lipinski definition) is 5. The Morgan fingerprint density at radius 2 is 2.11 bits per heavy atom. The molecule has 0 N–H and O–H groups in total. The fourth-order valence-corrected chi connectivity index (χ4v) is 1.70. The Morgan fingerprint density at radius 1 is 1.26 bits per heavy atom. The highest BCUT2D eigenvalue weighted by atomic mass is 16.5. The summed E-state index contributed by atoms with van der Waals surface area (Å²) in [5, 5.41) is 8.99. The number of aromatic nitrogens is 4. The topological polar surface area (TPSA) is 76.6 Å². The van der Waals surface area contributed by atoms with Gasteiger partial charge in [0.1, 0.15) is 17.3 Å². The number of hydrogen-bond donors (Lipinski definition) is 0. The summed E-state index contributed by atoms with van der Waals surface area (Å²) in [6, 6.07) is 9.20. The summed E-state index contributed by atoms with van der Waals surface area (Å²) in [6.45, 7) is 0. The van der Waals surface area contributed by atoms with Gasteiger partial charge in [0.05, 0.1) is 18.1 Å². The summed E-state index contributed by atoms with van der Waals surface area (Å²) in [5.41, 5.74) is 1.82. The minimum absolute atomic E-state index is 0.193. The lowest BCUT2D eigenvalue weighted by molar-refractivity contribution is 0.442. The molecule has 0 amide bonds. The van der Waals surface area contributed by atoms with Crippen LogP contribution in [-0.2, 0) is 7.05 Å². The van der Waals surface area contributed by atoms with E-state index in [2.05, 4.69) is 21.0 Å². The van der Waals surface area contributed by atoms with Crippen LogP contribution in [0.15, 0.2) is 36.8 Å². The van der Waals surface area contributed by atoms with Gasteiger partial charge in [-0.25, -0.2) is 9.97 Å². The van der Waals surface area contributed by atoms with Crippen LogP contribution >= 0.6 is 0 Å². The van der Waals surface area contributed by atoms with E-state index in [4.69, 9.17) is 10.00 Å². The average molecular weight is 251 g/mol. The van der Waals surface area contributed by atoms with Crippen LogP contribution in [0, 0.1) is 11.3 Å². The third kappa shape index (κ3) is 1.98. The Labute approximate surface area is 108 Å². The van der Waals surface area contributed by atoms with Gasteiger partial charge in [0.25, 0.3) is 0 Å². The van der Waals surface area contributed by atoms with Crippen molar-refractivity contribution in [1.82, 2.24) is 19.5 Å². The number of imidazole rings is 1. The molecule has 3 rings (SSSR count). The van der Waals surface area contributed by atoms with Gasteiger partial charge in [0, 0.05) is 7.05 Å². The number of rotatable bonds is 2. The molecule has 0 unspecified atom stereocenters. The number of benzene rings is 1. The van der Waals surface area contributed by atoms with Crippen molar-refractivity contribution in [3.05, 3.63) is 42.4 Å². The Balaban J connectivity index is 2.01. The van der Waals surface area contributed by atoms with E-state index in [0.717, 1.165) is 0 Å². The lowest BCUT2D eigenvalue weighted by Gasteiger charge is -2.04. The number of aryl methyl sites for hydroxylation is 1. The maximum Gasteiger partial charge on any atom is 0.324 e. The molecule has 0 radical (unpaired) electrons. The molecule has 0 saturated carbocycles. The highest BCUT2D eigenvalue weighted by molar-refractivity contribution is 5.69. The molecule has 0 aliphatic carbocycles. The summed E-state index contributed by atoms with van der Waals surface area (Å²) in [7, 11) is 1.84. The van der Waals surface area contributed by atoms with Crippen LogP contribution in [-0.4, -0.2) is 19.5 Å². The van der Waals surface area contributed by atoms with Gasteiger partial charge in [0.15, 0.2) is 5.65 Å². The first-order chi connectivity index (χ1) is 9.28. The molecule has 2 heterocycles. The molecule has 2 aromatic heterocycles. The molecular weight excluding hydrogens is 242 g/mol. The van der Waals surface area contributed by atoms with Gasteiger partial charge in [-0.05, 0) is 12.1 Å². The fraction of sp³-hybridized carbons (Fsp3) is 0.0769. The van der Waals surface area contributed by atoms with Crippen LogP contribution in [0.25, 0.3) is 11.2 Å². The van der Waals surface area contributed by atoms with Gasteiger partial charge in [-0.15, -0.1) is 0 Å². The quantitative estimate of drug-likeness (QED) is 0.696. The lowest BCUT2D eigenvalue weighted by Crippen LogP contribution is -1.96. The van der Waals surface area contributed by atoms with Gasteiger partial charge in [-0.2, -0.15) is 10.2 Å². The third-order valence-corrected chi connectivity index (χ3v) is 2.64. The Kier molecular flexibility index (Phi) is 2.58. The van der Waals surface area contributed by atoms with Gasteiger partial charge in [-0.3, -0.25) is 0 Å². The molecule has 1 aromatic carbocycles. The summed E-state index contributed by atoms with van der Waals surface area (Å²) < 4.78 is 7.32. The van der Waals surface area contributed by atoms with Crippen molar-refractivity contribution in [3.8, 4) is 17.8 Å². The summed E-state index contributed by atoms with van der Waals surface area (Å²) in [6.07, 6.45) is 3.25. The second kappa shape index (κ2) is 4.38. The van der Waals surface area contributed by atoms with Crippen LogP contribution in [0.5, 0.6) is 11.8 Å². The van der Waals surface area contributed by atoms with Crippen molar-refractivity contribution < 1.29 is 4.74 Å². The first kappa shape index (κ1) is 11.2. The predicted octanol–water partition coefficient (Wildman–Crippen LogP) is 2.03. The maximum atomic E-state index is 8.99. The molecule has 92 valence electrons. The summed E-state index contributed by atoms with van der Waals surface area (Å²) in [5.74, 6) is 0.437. The Morgan fingerprint density at radius 3 is 2.95 bits per heavy atom. The molecule has 0 saturated heterocycles. The van der Waals surface area contributed by atoms with Crippen molar-refractivity contribution in [2.24, 2.45) is 7.05 Å². The zero-order chi connectivity index (χ0) is 13.2. The number of nitrogens with zero attached hydrogens (tertiary/aromatic N) is 5. The molecular formula is C13H9N5O. The van der Waals surface area contributed by atoms with Crippen molar-refractivity contribution in [2.45, 2.75) is 0 Å². The predicted molar refractivity (Wildman–Crippen MR) is 67.5 cm³/mol. The largest absolute Gasteiger partial charge is 0.423 e. The second-order valence-corrected chi connectivity index (χ2v) is 3.93. The zero-order valence-corrected chi connectivity index (χ0v) is 10.1. The SMILES string of the molecule is Cn1cnc2cnc(Oc3ccccc3C#N)nc21. The average Bonchev–Trinajstić information content (AvgIpc) is 2.81. The van der Waals surface area contributed by atoms with E-state index in [1.165, 1.54) is 0 Å². The van der Waals surface area contributed by atoms with Crippen molar-refractivity contribution in [2.75, 3.05) is 0 Å². The highest BCUT2D eigenvalue weighted by Crippen LogP contribution is 2.22. The standard InChI is InChI=1S/C13H9N5O/c1-18-8-16-10-7-15-13(17-12(10)18)19-11-5-3-2-4-9(11)6-14/h2-5,7-8H,1H3. The number of nitriles is 1. The van der Waals surface area contributed by atoms with E-state index < -0.39 is 0 Å². The van der Waals surface area contributed by atoms with E-state index in [9.17, 15) is 0 Å². The molecule has 0 spiro atoms. The fourth-order valence-electron chi connectivity index (χ4n) is 1.70. The van der Waals surface area contributed by atoms with Gasteiger partial charge >= 0.3 is 6.01 Å². The minimum Gasteiger partial charge on any atom is -0.423 e. The zero-order valence-electron chi connectivity index (χ0n) is 10.1. The van der Waals surface area contributed by atoms with E-state index in [1.54, 1.807) is 41.4 Å². The van der Waals surface area contributed by atoms with Crippen molar-refractivity contribution >= 4 is 11.2 Å². The summed E-state index contributed by atoms with van der Waals surface area (Å²) >= 11 is 0. The molecule has 19 heavy (non-hydrogen) atoms. The Hall–Kier alpha value is -2.94. The molecule has 6 heteroatoms. The molecule has 0 aliphatic heterocycles. The molecule has 0 aliphatic rings. The second-order valence-electron chi connectivity index (χ2n) is 3.93. The lowest BCUT2D eigenvalue weighted by atomic mass is 10.2. The molecule has 3 aromatic rings. The first-order valence-corrected chi connectivity index (χ1v) is 5.59. The number of fused-ring (bicyclic) bond motifs is 1. The van der Waals surface area contributed by atoms with Crippen LogP contribution in [0.4, 0.5) is 0 Å². The van der Waals surface area contributed by atoms with E-state index in [0.29, 0.717) is 22.5 Å². The number of para-hydroxylation sites is 1. The minimum atomic E-state index is 0.193. The third-order valence-electron chi connectivity index (χ3n) is 2.64. The highest BCUT2D eigenvalue weighted by Gasteiger charge is 2.08. The van der Waals surface area contributed by atoms with Crippen LogP contribution in [0.2, 0.25) is 0 Å². The van der Waals surface area contributed by atoms with Crippen LogP contribution < -0.4 is 4.74 Å². The van der Waals surface area contributed by atoms with Crippen LogP contribution in [0.1, 0.15) is 5.56 Å².